The van der Waals surface area contributed by atoms with Crippen LogP contribution >= 0.6 is 0 Å². The summed E-state index contributed by atoms with van der Waals surface area (Å²) in [5.74, 6) is 0. The molecular formula is C17H32N2O3. The largest absolute Gasteiger partial charge is 0.444 e. The van der Waals surface area contributed by atoms with Crippen LogP contribution in [-0.4, -0.2) is 55.5 Å². The van der Waals surface area contributed by atoms with Crippen molar-refractivity contribution in [3.8, 4) is 0 Å². The van der Waals surface area contributed by atoms with E-state index in [1.807, 2.05) is 25.7 Å². The summed E-state index contributed by atoms with van der Waals surface area (Å²) in [4.78, 5) is 13.9. The molecule has 1 unspecified atom stereocenters. The topological polar surface area (TPSA) is 50.8 Å². The van der Waals surface area contributed by atoms with E-state index in [1.54, 1.807) is 0 Å². The SMILES string of the molecule is CC1(CNCC2CCCO2)CCN(C(=O)OC(C)(C)C)CC1. The zero-order valence-electron chi connectivity index (χ0n) is 14.6. The maximum absolute atomic E-state index is 12.1. The minimum absolute atomic E-state index is 0.179. The van der Waals surface area contributed by atoms with Gasteiger partial charge in [0.1, 0.15) is 5.60 Å². The van der Waals surface area contributed by atoms with E-state index in [-0.39, 0.29) is 11.5 Å². The Hall–Kier alpha value is -0.810. The molecule has 2 aliphatic rings. The number of hydrogen-bond donors (Lipinski definition) is 1. The van der Waals surface area contributed by atoms with Gasteiger partial charge in [-0.1, -0.05) is 6.92 Å². The molecule has 1 atom stereocenters. The fraction of sp³-hybridized carbons (Fsp3) is 0.941. The van der Waals surface area contributed by atoms with E-state index in [2.05, 4.69) is 12.2 Å². The van der Waals surface area contributed by atoms with Crippen LogP contribution < -0.4 is 5.32 Å². The summed E-state index contributed by atoms with van der Waals surface area (Å²) in [5.41, 5.74) is -0.155. The van der Waals surface area contributed by atoms with Gasteiger partial charge in [0.05, 0.1) is 6.10 Å². The third-order valence-corrected chi connectivity index (χ3v) is 4.57. The predicted molar refractivity (Wildman–Crippen MR) is 87.0 cm³/mol. The third kappa shape index (κ3) is 5.43. The maximum Gasteiger partial charge on any atom is 0.410 e. The van der Waals surface area contributed by atoms with Crippen molar-refractivity contribution in [2.75, 3.05) is 32.8 Å². The number of carbonyl (C=O) groups excluding carboxylic acids is 1. The molecule has 22 heavy (non-hydrogen) atoms. The molecule has 5 heteroatoms. The Morgan fingerprint density at radius 1 is 1.36 bits per heavy atom. The third-order valence-electron chi connectivity index (χ3n) is 4.57. The maximum atomic E-state index is 12.1. The second kappa shape index (κ2) is 7.18. The van der Waals surface area contributed by atoms with Crippen LogP contribution in [0.2, 0.25) is 0 Å². The minimum Gasteiger partial charge on any atom is -0.444 e. The number of nitrogens with one attached hydrogen (secondary N) is 1. The van der Waals surface area contributed by atoms with E-state index < -0.39 is 5.60 Å². The molecule has 2 heterocycles. The van der Waals surface area contributed by atoms with Crippen molar-refractivity contribution in [2.24, 2.45) is 5.41 Å². The first-order valence-electron chi connectivity index (χ1n) is 8.58. The van der Waals surface area contributed by atoms with Gasteiger partial charge < -0.3 is 19.7 Å². The Labute approximate surface area is 134 Å². The number of amides is 1. The Kier molecular flexibility index (Phi) is 5.72. The average molecular weight is 312 g/mol. The Balaban J connectivity index is 1.69. The van der Waals surface area contributed by atoms with Crippen LogP contribution in [0.25, 0.3) is 0 Å². The van der Waals surface area contributed by atoms with Crippen LogP contribution in [0, 0.1) is 5.41 Å². The molecule has 5 nitrogen and oxygen atoms in total. The van der Waals surface area contributed by atoms with E-state index in [0.29, 0.717) is 6.10 Å². The molecular weight excluding hydrogens is 280 g/mol. The summed E-state index contributed by atoms with van der Waals surface area (Å²) in [6.07, 6.45) is 4.62. The van der Waals surface area contributed by atoms with Crippen molar-refractivity contribution >= 4 is 6.09 Å². The van der Waals surface area contributed by atoms with Crippen LogP contribution in [0.4, 0.5) is 4.79 Å². The van der Waals surface area contributed by atoms with Crippen molar-refractivity contribution in [3.63, 3.8) is 0 Å². The molecule has 0 saturated carbocycles. The molecule has 0 aromatic carbocycles. The molecule has 2 aliphatic heterocycles. The summed E-state index contributed by atoms with van der Waals surface area (Å²) >= 11 is 0. The lowest BCUT2D eigenvalue weighted by atomic mass is 9.80. The summed E-state index contributed by atoms with van der Waals surface area (Å²) in [5, 5.41) is 3.56. The van der Waals surface area contributed by atoms with Crippen molar-refractivity contribution in [2.45, 2.75) is 65.1 Å². The van der Waals surface area contributed by atoms with Gasteiger partial charge in [-0.3, -0.25) is 0 Å². The number of ether oxygens (including phenoxy) is 2. The zero-order valence-corrected chi connectivity index (χ0v) is 14.6. The number of nitrogens with zero attached hydrogens (tertiary/aromatic N) is 1. The van der Waals surface area contributed by atoms with Crippen molar-refractivity contribution in [1.82, 2.24) is 10.2 Å². The number of rotatable bonds is 4. The summed E-state index contributed by atoms with van der Waals surface area (Å²) in [7, 11) is 0. The summed E-state index contributed by atoms with van der Waals surface area (Å²) in [6, 6.07) is 0. The molecule has 0 spiro atoms. The van der Waals surface area contributed by atoms with Crippen LogP contribution in [0.3, 0.4) is 0 Å². The normalized spacial score (nSPS) is 25.3. The molecule has 0 radical (unpaired) electrons. The first-order chi connectivity index (χ1) is 10.3. The molecule has 0 aliphatic carbocycles. The Morgan fingerprint density at radius 2 is 2.05 bits per heavy atom. The highest BCUT2D eigenvalue weighted by Crippen LogP contribution is 2.30. The van der Waals surface area contributed by atoms with E-state index in [1.165, 1.54) is 12.8 Å². The van der Waals surface area contributed by atoms with Crippen LogP contribution in [0.15, 0.2) is 0 Å². The lowest BCUT2D eigenvalue weighted by molar-refractivity contribution is 0.0116. The van der Waals surface area contributed by atoms with Crippen LogP contribution in [0.5, 0.6) is 0 Å². The van der Waals surface area contributed by atoms with Gasteiger partial charge in [-0.25, -0.2) is 4.79 Å². The van der Waals surface area contributed by atoms with E-state index in [9.17, 15) is 4.79 Å². The summed E-state index contributed by atoms with van der Waals surface area (Å²) in [6.45, 7) is 12.5. The van der Waals surface area contributed by atoms with Crippen molar-refractivity contribution in [1.29, 1.82) is 0 Å². The lowest BCUT2D eigenvalue weighted by Crippen LogP contribution is -2.47. The molecule has 1 N–H and O–H groups in total. The second-order valence-corrected chi connectivity index (χ2v) is 8.04. The first kappa shape index (κ1) is 17.5. The van der Waals surface area contributed by atoms with Gasteiger partial charge in [0.15, 0.2) is 0 Å². The molecule has 2 fully saturated rings. The van der Waals surface area contributed by atoms with E-state index in [0.717, 1.165) is 45.6 Å². The van der Waals surface area contributed by atoms with E-state index >= 15 is 0 Å². The van der Waals surface area contributed by atoms with Crippen LogP contribution in [0.1, 0.15) is 53.4 Å². The first-order valence-corrected chi connectivity index (χ1v) is 8.58. The predicted octanol–water partition coefficient (Wildman–Crippen LogP) is 2.79. The lowest BCUT2D eigenvalue weighted by Gasteiger charge is -2.40. The highest BCUT2D eigenvalue weighted by atomic mass is 16.6. The quantitative estimate of drug-likeness (QED) is 0.867. The fourth-order valence-corrected chi connectivity index (χ4v) is 3.07. The minimum atomic E-state index is -0.416. The number of piperidine rings is 1. The molecule has 0 aromatic rings. The van der Waals surface area contributed by atoms with Gasteiger partial charge in [-0.2, -0.15) is 0 Å². The molecule has 2 rings (SSSR count). The zero-order chi connectivity index (χ0) is 16.2. The molecule has 128 valence electrons. The smallest absolute Gasteiger partial charge is 0.410 e. The monoisotopic (exact) mass is 312 g/mol. The standard InChI is InChI=1S/C17H32N2O3/c1-16(2,3)22-15(20)19-9-7-17(4,8-10-19)13-18-12-14-6-5-11-21-14/h14,18H,5-13H2,1-4H3. The van der Waals surface area contributed by atoms with Crippen molar-refractivity contribution in [3.05, 3.63) is 0 Å². The van der Waals surface area contributed by atoms with Gasteiger partial charge in [-0.15, -0.1) is 0 Å². The second-order valence-electron chi connectivity index (χ2n) is 8.04. The number of hydrogen-bond acceptors (Lipinski definition) is 4. The van der Waals surface area contributed by atoms with E-state index in [4.69, 9.17) is 9.47 Å². The molecule has 0 aromatic heterocycles. The highest BCUT2D eigenvalue weighted by Gasteiger charge is 2.33. The van der Waals surface area contributed by atoms with Crippen LogP contribution in [-0.2, 0) is 9.47 Å². The van der Waals surface area contributed by atoms with Gasteiger partial charge in [0.2, 0.25) is 0 Å². The van der Waals surface area contributed by atoms with Gasteiger partial charge >= 0.3 is 6.09 Å². The average Bonchev–Trinajstić information content (AvgIpc) is 2.90. The molecule has 0 bridgehead atoms. The van der Waals surface area contributed by atoms with Gasteiger partial charge in [0.25, 0.3) is 0 Å². The number of carbonyl (C=O) groups is 1. The van der Waals surface area contributed by atoms with Gasteiger partial charge in [-0.05, 0) is 51.9 Å². The fourth-order valence-electron chi connectivity index (χ4n) is 3.07. The van der Waals surface area contributed by atoms with Crippen molar-refractivity contribution < 1.29 is 14.3 Å². The molecule has 2 saturated heterocycles. The summed E-state index contributed by atoms with van der Waals surface area (Å²) < 4.78 is 11.1. The Morgan fingerprint density at radius 3 is 2.59 bits per heavy atom. The Bertz CT molecular complexity index is 365. The van der Waals surface area contributed by atoms with Gasteiger partial charge in [0, 0.05) is 32.8 Å². The highest BCUT2D eigenvalue weighted by molar-refractivity contribution is 5.68. The number of likely N-dealkylation sites (tertiary alicyclic amines) is 1. The molecule has 1 amide bonds.